The van der Waals surface area contributed by atoms with Gasteiger partial charge in [-0.3, -0.25) is 4.79 Å². The van der Waals surface area contributed by atoms with E-state index in [1.54, 1.807) is 0 Å². The van der Waals surface area contributed by atoms with Crippen LogP contribution in [0.15, 0.2) is 30.3 Å². The Bertz CT molecular complexity index is 633. The Kier molecular flexibility index (Phi) is 3.77. The Balaban J connectivity index is 2.60. The summed E-state index contributed by atoms with van der Waals surface area (Å²) in [4.78, 5) is 12.7. The van der Waals surface area contributed by atoms with Crippen LogP contribution in [-0.2, 0) is 0 Å². The van der Waals surface area contributed by atoms with Gasteiger partial charge in [0, 0.05) is 16.1 Å². The Morgan fingerprint density at radius 3 is 2.16 bits per heavy atom. The van der Waals surface area contributed by atoms with Crippen molar-refractivity contribution < 1.29 is 4.79 Å². The fraction of sp³-hybridized carbons (Fsp3) is 0.235. The van der Waals surface area contributed by atoms with E-state index >= 15 is 0 Å². The molecule has 2 aromatic rings. The number of hydrogen-bond donors (Lipinski definition) is 0. The molecule has 0 aliphatic carbocycles. The second-order valence-electron chi connectivity index (χ2n) is 5.02. The molecular formula is C17H17ClO. The van der Waals surface area contributed by atoms with Crippen molar-refractivity contribution in [3.63, 3.8) is 0 Å². The van der Waals surface area contributed by atoms with Crippen molar-refractivity contribution in [3.05, 3.63) is 68.7 Å². The molecule has 2 aromatic carbocycles. The quantitative estimate of drug-likeness (QED) is 0.718. The first-order chi connectivity index (χ1) is 8.91. The lowest BCUT2D eigenvalue weighted by molar-refractivity contribution is 0.103. The molecule has 19 heavy (non-hydrogen) atoms. The van der Waals surface area contributed by atoms with E-state index in [-0.39, 0.29) is 5.78 Å². The lowest BCUT2D eigenvalue weighted by Crippen LogP contribution is -2.08. The van der Waals surface area contributed by atoms with Crippen LogP contribution in [0, 0.1) is 27.7 Å². The summed E-state index contributed by atoms with van der Waals surface area (Å²) in [6.07, 6.45) is 0. The van der Waals surface area contributed by atoms with Gasteiger partial charge < -0.3 is 0 Å². The van der Waals surface area contributed by atoms with Crippen LogP contribution in [0.1, 0.15) is 38.2 Å². The highest BCUT2D eigenvalue weighted by atomic mass is 35.5. The summed E-state index contributed by atoms with van der Waals surface area (Å²) in [7, 11) is 0. The van der Waals surface area contributed by atoms with Crippen LogP contribution in [0.25, 0.3) is 0 Å². The molecule has 2 rings (SSSR count). The maximum atomic E-state index is 12.7. The van der Waals surface area contributed by atoms with Gasteiger partial charge in [0.1, 0.15) is 0 Å². The topological polar surface area (TPSA) is 17.1 Å². The number of halogens is 1. The van der Waals surface area contributed by atoms with Gasteiger partial charge in [-0.15, -0.1) is 0 Å². The third-order valence-corrected chi connectivity index (χ3v) is 3.83. The average Bonchev–Trinajstić information content (AvgIpc) is 2.31. The lowest BCUT2D eigenvalue weighted by atomic mass is 9.91. The van der Waals surface area contributed by atoms with E-state index in [0.717, 1.165) is 22.3 Å². The van der Waals surface area contributed by atoms with E-state index in [1.807, 2.05) is 58.0 Å². The van der Waals surface area contributed by atoms with Crippen molar-refractivity contribution in [2.24, 2.45) is 0 Å². The first-order valence-corrected chi connectivity index (χ1v) is 6.67. The summed E-state index contributed by atoms with van der Waals surface area (Å²) < 4.78 is 0. The van der Waals surface area contributed by atoms with Crippen molar-refractivity contribution in [1.29, 1.82) is 0 Å². The molecule has 0 aliphatic rings. The second kappa shape index (κ2) is 5.18. The smallest absolute Gasteiger partial charge is 0.193 e. The van der Waals surface area contributed by atoms with Gasteiger partial charge in [-0.25, -0.2) is 0 Å². The molecule has 0 unspecified atom stereocenters. The van der Waals surface area contributed by atoms with Crippen molar-refractivity contribution in [1.82, 2.24) is 0 Å². The van der Waals surface area contributed by atoms with Gasteiger partial charge in [0.2, 0.25) is 0 Å². The minimum atomic E-state index is 0.0509. The molecule has 0 N–H and O–H groups in total. The number of carbonyl (C=O) groups is 1. The number of hydrogen-bond acceptors (Lipinski definition) is 1. The highest BCUT2D eigenvalue weighted by Gasteiger charge is 2.17. The van der Waals surface area contributed by atoms with Crippen LogP contribution in [-0.4, -0.2) is 5.78 Å². The third kappa shape index (κ3) is 2.57. The van der Waals surface area contributed by atoms with Crippen molar-refractivity contribution >= 4 is 17.4 Å². The molecule has 0 amide bonds. The number of ketones is 1. The van der Waals surface area contributed by atoms with Gasteiger partial charge >= 0.3 is 0 Å². The van der Waals surface area contributed by atoms with E-state index in [9.17, 15) is 4.79 Å². The molecule has 0 heterocycles. The van der Waals surface area contributed by atoms with Gasteiger partial charge in [-0.05, 0) is 50.5 Å². The molecular weight excluding hydrogens is 256 g/mol. The maximum absolute atomic E-state index is 12.7. The molecule has 0 saturated carbocycles. The zero-order valence-electron chi connectivity index (χ0n) is 11.7. The summed E-state index contributed by atoms with van der Waals surface area (Å²) in [6, 6.07) is 9.55. The molecule has 0 radical (unpaired) electrons. The minimum Gasteiger partial charge on any atom is -0.289 e. The van der Waals surface area contributed by atoms with Crippen molar-refractivity contribution in [2.45, 2.75) is 27.7 Å². The minimum absolute atomic E-state index is 0.0509. The third-order valence-electron chi connectivity index (χ3n) is 3.42. The van der Waals surface area contributed by atoms with E-state index in [0.29, 0.717) is 10.6 Å². The number of benzene rings is 2. The molecule has 2 heteroatoms. The molecule has 0 spiro atoms. The highest BCUT2D eigenvalue weighted by Crippen LogP contribution is 2.25. The second-order valence-corrected chi connectivity index (χ2v) is 5.42. The monoisotopic (exact) mass is 272 g/mol. The molecule has 98 valence electrons. The fourth-order valence-electron chi connectivity index (χ4n) is 2.53. The van der Waals surface area contributed by atoms with E-state index in [2.05, 4.69) is 0 Å². The lowest BCUT2D eigenvalue weighted by Gasteiger charge is -2.12. The van der Waals surface area contributed by atoms with Crippen molar-refractivity contribution in [2.75, 3.05) is 0 Å². The summed E-state index contributed by atoms with van der Waals surface area (Å²) in [5.41, 5.74) is 5.52. The average molecular weight is 273 g/mol. The van der Waals surface area contributed by atoms with Gasteiger partial charge in [-0.2, -0.15) is 0 Å². The molecule has 0 fully saturated rings. The number of rotatable bonds is 2. The largest absolute Gasteiger partial charge is 0.289 e. The van der Waals surface area contributed by atoms with Crippen LogP contribution in [0.3, 0.4) is 0 Å². The Labute approximate surface area is 119 Å². The number of aryl methyl sites for hydroxylation is 3. The number of carbonyl (C=O) groups excluding carboxylic acids is 1. The summed E-state index contributed by atoms with van der Waals surface area (Å²) in [6.45, 7) is 7.88. The summed E-state index contributed by atoms with van der Waals surface area (Å²) in [5, 5.41) is 0.633. The van der Waals surface area contributed by atoms with Gasteiger partial charge in [-0.1, -0.05) is 41.4 Å². The van der Waals surface area contributed by atoms with Crippen molar-refractivity contribution in [3.8, 4) is 0 Å². The SMILES string of the molecule is Cc1cc(C)c(C(=O)c2cccc(Cl)c2C)c(C)c1. The first-order valence-electron chi connectivity index (χ1n) is 6.29. The van der Waals surface area contributed by atoms with Gasteiger partial charge in [0.25, 0.3) is 0 Å². The van der Waals surface area contributed by atoms with Crippen LogP contribution in [0.4, 0.5) is 0 Å². The normalized spacial score (nSPS) is 10.6. The molecule has 0 saturated heterocycles. The molecule has 0 bridgehead atoms. The Morgan fingerprint density at radius 1 is 1.00 bits per heavy atom. The van der Waals surface area contributed by atoms with Crippen LogP contribution < -0.4 is 0 Å². The summed E-state index contributed by atoms with van der Waals surface area (Å²) in [5.74, 6) is 0.0509. The predicted molar refractivity (Wildman–Crippen MR) is 80.3 cm³/mol. The molecule has 0 aromatic heterocycles. The Morgan fingerprint density at radius 2 is 1.58 bits per heavy atom. The predicted octanol–water partition coefficient (Wildman–Crippen LogP) is 4.80. The Hall–Kier alpha value is -1.60. The highest BCUT2D eigenvalue weighted by molar-refractivity contribution is 6.32. The van der Waals surface area contributed by atoms with Gasteiger partial charge in [0.05, 0.1) is 0 Å². The molecule has 1 nitrogen and oxygen atoms in total. The fourth-order valence-corrected chi connectivity index (χ4v) is 2.70. The van der Waals surface area contributed by atoms with E-state index in [1.165, 1.54) is 5.56 Å². The molecule has 0 aliphatic heterocycles. The standard InChI is InChI=1S/C17H17ClO/c1-10-8-11(2)16(12(3)9-10)17(19)14-6-5-7-15(18)13(14)4/h5-9H,1-4H3. The van der Waals surface area contributed by atoms with Crippen LogP contribution >= 0.6 is 11.6 Å². The van der Waals surface area contributed by atoms with Crippen LogP contribution in [0.2, 0.25) is 5.02 Å². The van der Waals surface area contributed by atoms with Gasteiger partial charge in [0.15, 0.2) is 5.78 Å². The van der Waals surface area contributed by atoms with E-state index in [4.69, 9.17) is 11.6 Å². The molecule has 0 atom stereocenters. The maximum Gasteiger partial charge on any atom is 0.193 e. The zero-order chi connectivity index (χ0) is 14.2. The first kappa shape index (κ1) is 13.8. The zero-order valence-corrected chi connectivity index (χ0v) is 12.4. The van der Waals surface area contributed by atoms with E-state index < -0.39 is 0 Å². The van der Waals surface area contributed by atoms with Crippen LogP contribution in [0.5, 0.6) is 0 Å². The summed E-state index contributed by atoms with van der Waals surface area (Å²) >= 11 is 6.10.